The first-order valence-electron chi connectivity index (χ1n) is 11.0. The number of hydrogen-bond donors (Lipinski definition) is 3. The number of unbranched alkanes of at least 4 members (excludes halogenated alkanes) is 11. The van der Waals surface area contributed by atoms with E-state index in [9.17, 15) is 9.90 Å². The SMILES string of the molecule is CCCCCCCC/C=C\CCCCCCCC(=O)NC(O)(CC)CN. The van der Waals surface area contributed by atoms with E-state index in [4.69, 9.17) is 5.73 Å². The summed E-state index contributed by atoms with van der Waals surface area (Å²) in [5.41, 5.74) is 4.24. The Morgan fingerprint density at radius 2 is 1.38 bits per heavy atom. The molecule has 0 heterocycles. The van der Waals surface area contributed by atoms with Gasteiger partial charge in [0.15, 0.2) is 0 Å². The van der Waals surface area contributed by atoms with Gasteiger partial charge in [0.25, 0.3) is 0 Å². The largest absolute Gasteiger partial charge is 0.370 e. The molecular formula is C22H44N2O2. The number of aliphatic hydroxyl groups is 1. The topological polar surface area (TPSA) is 75.3 Å². The third-order valence-electron chi connectivity index (χ3n) is 4.96. The lowest BCUT2D eigenvalue weighted by atomic mass is 10.1. The number of hydrogen-bond acceptors (Lipinski definition) is 3. The summed E-state index contributed by atoms with van der Waals surface area (Å²) in [6.45, 7) is 4.13. The van der Waals surface area contributed by atoms with E-state index in [0.29, 0.717) is 12.8 Å². The van der Waals surface area contributed by atoms with Crippen LogP contribution in [0.25, 0.3) is 0 Å². The molecule has 0 saturated heterocycles. The van der Waals surface area contributed by atoms with Gasteiger partial charge in [0.2, 0.25) is 5.91 Å². The van der Waals surface area contributed by atoms with Crippen LogP contribution in [0.4, 0.5) is 0 Å². The van der Waals surface area contributed by atoms with Crippen molar-refractivity contribution in [3.63, 3.8) is 0 Å². The molecule has 0 aliphatic heterocycles. The van der Waals surface area contributed by atoms with Crippen molar-refractivity contribution in [2.45, 2.75) is 116 Å². The van der Waals surface area contributed by atoms with Gasteiger partial charge in [-0.3, -0.25) is 4.79 Å². The molecule has 26 heavy (non-hydrogen) atoms. The number of amides is 1. The summed E-state index contributed by atoms with van der Waals surface area (Å²) in [6.07, 6.45) is 21.8. The number of rotatable bonds is 18. The summed E-state index contributed by atoms with van der Waals surface area (Å²) in [6, 6.07) is 0. The molecule has 0 aromatic rings. The second kappa shape index (κ2) is 17.5. The van der Waals surface area contributed by atoms with Crippen LogP contribution >= 0.6 is 0 Å². The molecule has 4 N–H and O–H groups in total. The maximum Gasteiger partial charge on any atom is 0.222 e. The Labute approximate surface area is 162 Å². The van der Waals surface area contributed by atoms with Gasteiger partial charge in [-0.15, -0.1) is 0 Å². The highest BCUT2D eigenvalue weighted by molar-refractivity contribution is 5.76. The van der Waals surface area contributed by atoms with Crippen LogP contribution in [-0.4, -0.2) is 23.3 Å². The van der Waals surface area contributed by atoms with Gasteiger partial charge in [-0.05, 0) is 38.5 Å². The highest BCUT2D eigenvalue weighted by Crippen LogP contribution is 2.10. The van der Waals surface area contributed by atoms with Gasteiger partial charge in [-0.2, -0.15) is 0 Å². The first-order valence-corrected chi connectivity index (χ1v) is 11.0. The molecule has 154 valence electrons. The van der Waals surface area contributed by atoms with Gasteiger partial charge >= 0.3 is 0 Å². The first-order chi connectivity index (χ1) is 12.6. The molecule has 0 rings (SSSR count). The van der Waals surface area contributed by atoms with Gasteiger partial charge in [0.05, 0.1) is 0 Å². The molecular weight excluding hydrogens is 324 g/mol. The average molecular weight is 369 g/mol. The fourth-order valence-electron chi connectivity index (χ4n) is 2.96. The second-order valence-corrected chi connectivity index (χ2v) is 7.47. The smallest absolute Gasteiger partial charge is 0.222 e. The third-order valence-corrected chi connectivity index (χ3v) is 4.96. The van der Waals surface area contributed by atoms with E-state index in [1.165, 1.54) is 70.6 Å². The Hall–Kier alpha value is -0.870. The lowest BCUT2D eigenvalue weighted by Gasteiger charge is -2.26. The zero-order valence-corrected chi connectivity index (χ0v) is 17.4. The zero-order chi connectivity index (χ0) is 19.5. The van der Waals surface area contributed by atoms with Crippen molar-refractivity contribution in [3.05, 3.63) is 12.2 Å². The minimum atomic E-state index is -1.24. The summed E-state index contributed by atoms with van der Waals surface area (Å²) in [5.74, 6) is -0.0996. The highest BCUT2D eigenvalue weighted by atomic mass is 16.3. The van der Waals surface area contributed by atoms with Crippen molar-refractivity contribution in [1.29, 1.82) is 0 Å². The molecule has 0 spiro atoms. The fraction of sp³-hybridized carbons (Fsp3) is 0.864. The van der Waals surface area contributed by atoms with Gasteiger partial charge < -0.3 is 16.2 Å². The molecule has 1 unspecified atom stereocenters. The molecule has 1 amide bonds. The third kappa shape index (κ3) is 15.4. The van der Waals surface area contributed by atoms with Crippen LogP contribution in [0.5, 0.6) is 0 Å². The molecule has 0 saturated carbocycles. The van der Waals surface area contributed by atoms with E-state index in [1.807, 2.05) is 6.92 Å². The molecule has 0 fully saturated rings. The minimum Gasteiger partial charge on any atom is -0.370 e. The highest BCUT2D eigenvalue weighted by Gasteiger charge is 2.24. The standard InChI is InChI=1S/C22H44N2O2/c1-3-5-6-7-8-9-10-11-12-13-14-15-16-17-18-19-21(25)24-22(26,4-2)20-23/h11-12,26H,3-10,13-20,23H2,1-2H3,(H,24,25)/b12-11-. The van der Waals surface area contributed by atoms with E-state index < -0.39 is 5.72 Å². The van der Waals surface area contributed by atoms with Crippen molar-refractivity contribution >= 4 is 5.91 Å². The molecule has 0 aromatic carbocycles. The Kier molecular flexibility index (Phi) is 17.0. The van der Waals surface area contributed by atoms with Gasteiger partial charge in [-0.1, -0.05) is 77.4 Å². The summed E-state index contributed by atoms with van der Waals surface area (Å²) in [5, 5.41) is 12.6. The van der Waals surface area contributed by atoms with E-state index in [2.05, 4.69) is 24.4 Å². The Morgan fingerprint density at radius 3 is 1.88 bits per heavy atom. The number of nitrogens with one attached hydrogen (secondary N) is 1. The second-order valence-electron chi connectivity index (χ2n) is 7.47. The zero-order valence-electron chi connectivity index (χ0n) is 17.4. The van der Waals surface area contributed by atoms with E-state index >= 15 is 0 Å². The summed E-state index contributed by atoms with van der Waals surface area (Å²) < 4.78 is 0. The fourth-order valence-corrected chi connectivity index (χ4v) is 2.96. The van der Waals surface area contributed by atoms with E-state index in [0.717, 1.165) is 12.8 Å². The maximum atomic E-state index is 11.8. The number of carbonyl (C=O) groups is 1. The molecule has 0 bridgehead atoms. The van der Waals surface area contributed by atoms with Crippen molar-refractivity contribution in [1.82, 2.24) is 5.32 Å². The summed E-state index contributed by atoms with van der Waals surface area (Å²) in [7, 11) is 0. The predicted molar refractivity (Wildman–Crippen MR) is 112 cm³/mol. The van der Waals surface area contributed by atoms with Crippen LogP contribution < -0.4 is 11.1 Å². The van der Waals surface area contributed by atoms with Crippen molar-refractivity contribution in [2.75, 3.05) is 6.54 Å². The van der Waals surface area contributed by atoms with Crippen molar-refractivity contribution in [2.24, 2.45) is 5.73 Å². The number of nitrogens with two attached hydrogens (primary N) is 1. The maximum absolute atomic E-state index is 11.8. The van der Waals surface area contributed by atoms with E-state index in [1.54, 1.807) is 0 Å². The predicted octanol–water partition coefficient (Wildman–Crippen LogP) is 5.20. The van der Waals surface area contributed by atoms with E-state index in [-0.39, 0.29) is 12.5 Å². The van der Waals surface area contributed by atoms with Gasteiger partial charge in [-0.25, -0.2) is 0 Å². The molecule has 0 aliphatic rings. The molecule has 0 radical (unpaired) electrons. The minimum absolute atomic E-state index is 0.0572. The van der Waals surface area contributed by atoms with Crippen LogP contribution in [-0.2, 0) is 4.79 Å². The monoisotopic (exact) mass is 368 g/mol. The van der Waals surface area contributed by atoms with Crippen LogP contribution in [0.15, 0.2) is 12.2 Å². The summed E-state index contributed by atoms with van der Waals surface area (Å²) >= 11 is 0. The van der Waals surface area contributed by atoms with Crippen LogP contribution in [0.1, 0.15) is 110 Å². The molecule has 4 heteroatoms. The quantitative estimate of drug-likeness (QED) is 0.177. The molecule has 0 aliphatic carbocycles. The van der Waals surface area contributed by atoms with Gasteiger partial charge in [0.1, 0.15) is 5.72 Å². The molecule has 0 aromatic heterocycles. The average Bonchev–Trinajstić information content (AvgIpc) is 2.64. The molecule has 1 atom stereocenters. The van der Waals surface area contributed by atoms with Crippen LogP contribution in [0.2, 0.25) is 0 Å². The first kappa shape index (κ1) is 25.1. The Bertz CT molecular complexity index is 352. The summed E-state index contributed by atoms with van der Waals surface area (Å²) in [4.78, 5) is 11.8. The Morgan fingerprint density at radius 1 is 0.885 bits per heavy atom. The van der Waals surface area contributed by atoms with Crippen LogP contribution in [0.3, 0.4) is 0 Å². The lowest BCUT2D eigenvalue weighted by molar-refractivity contribution is -0.128. The van der Waals surface area contributed by atoms with Crippen molar-refractivity contribution < 1.29 is 9.90 Å². The molecule has 4 nitrogen and oxygen atoms in total. The number of allylic oxidation sites excluding steroid dienone is 2. The number of carbonyl (C=O) groups excluding carboxylic acids is 1. The Balaban J connectivity index is 3.38. The van der Waals surface area contributed by atoms with Crippen LogP contribution in [0, 0.1) is 0 Å². The van der Waals surface area contributed by atoms with Crippen molar-refractivity contribution in [3.8, 4) is 0 Å². The van der Waals surface area contributed by atoms with Gasteiger partial charge in [0, 0.05) is 13.0 Å². The lowest BCUT2D eigenvalue weighted by Crippen LogP contribution is -2.53. The normalized spacial score (nSPS) is 13.8.